The fourth-order valence-corrected chi connectivity index (χ4v) is 9.06. The quantitative estimate of drug-likeness (QED) is 0.0815. The molecule has 0 aromatic heterocycles. The van der Waals surface area contributed by atoms with Crippen molar-refractivity contribution >= 4 is 0 Å². The van der Waals surface area contributed by atoms with Gasteiger partial charge in [-0.1, -0.05) is 0 Å². The Morgan fingerprint density at radius 3 is 1.73 bits per heavy atom. The van der Waals surface area contributed by atoms with Crippen LogP contribution in [-0.4, -0.2) is 245 Å². The van der Waals surface area contributed by atoms with E-state index < -0.39 is 153 Å². The average Bonchev–Trinajstić information content (AvgIpc) is 3.51. The van der Waals surface area contributed by atoms with Crippen LogP contribution < -0.4 is 50.8 Å². The zero-order valence-corrected chi connectivity index (χ0v) is 35.9. The van der Waals surface area contributed by atoms with Crippen molar-refractivity contribution in [1.82, 2.24) is 10.6 Å². The molecule has 4 heterocycles. The summed E-state index contributed by atoms with van der Waals surface area (Å²) in [6, 6.07) is -4.91. The van der Waals surface area contributed by atoms with E-state index in [-0.39, 0.29) is 31.7 Å². The van der Waals surface area contributed by atoms with Gasteiger partial charge in [0, 0.05) is 37.3 Å². The zero-order chi connectivity index (χ0) is 46.7. The summed E-state index contributed by atoms with van der Waals surface area (Å²) in [6.07, 6.45) is -17.9. The second-order valence-electron chi connectivity index (χ2n) is 17.8. The van der Waals surface area contributed by atoms with E-state index in [2.05, 4.69) is 10.6 Å². The zero-order valence-electron chi connectivity index (χ0n) is 35.9. The first-order valence-corrected chi connectivity index (χ1v) is 21.5. The minimum absolute atomic E-state index is 0.0480. The maximum absolute atomic E-state index is 11.1. The number of aliphatic hydroxyl groups excluding tert-OH is 8. The van der Waals surface area contributed by atoms with E-state index in [0.29, 0.717) is 13.0 Å². The molecule has 26 heteroatoms. The van der Waals surface area contributed by atoms with Crippen molar-refractivity contribution in [2.45, 2.75) is 191 Å². The van der Waals surface area contributed by atoms with Crippen LogP contribution >= 0.6 is 0 Å². The molecule has 2 aliphatic carbocycles. The number of hydrogen-bond donors (Lipinski definition) is 18. The van der Waals surface area contributed by atoms with E-state index in [1.807, 2.05) is 7.05 Å². The Bertz CT molecular complexity index is 1390. The van der Waals surface area contributed by atoms with Gasteiger partial charge in [0.2, 0.25) is 0 Å². The van der Waals surface area contributed by atoms with Gasteiger partial charge >= 0.3 is 0 Å². The summed E-state index contributed by atoms with van der Waals surface area (Å²) >= 11 is 0. The fourth-order valence-electron chi connectivity index (χ4n) is 9.06. The number of rotatable bonds is 13. The Balaban J connectivity index is 0.000000238. The lowest BCUT2D eigenvalue weighted by atomic mass is 9.84. The molecule has 6 aliphatic rings. The predicted molar refractivity (Wildman–Crippen MR) is 217 cm³/mol. The molecule has 0 aromatic carbocycles. The van der Waals surface area contributed by atoms with E-state index in [1.54, 1.807) is 14.0 Å². The van der Waals surface area contributed by atoms with E-state index in [9.17, 15) is 46.0 Å². The molecule has 0 amide bonds. The molecule has 4 saturated heterocycles. The van der Waals surface area contributed by atoms with Crippen LogP contribution in [0.1, 0.15) is 32.6 Å². The molecule has 0 aromatic rings. The van der Waals surface area contributed by atoms with Gasteiger partial charge in [-0.2, -0.15) is 0 Å². The van der Waals surface area contributed by atoms with Gasteiger partial charge in [0.1, 0.15) is 78.8 Å². The van der Waals surface area contributed by atoms with Crippen molar-refractivity contribution in [2.24, 2.45) is 40.1 Å². The smallest absolute Gasteiger partial charge is 0.187 e. The predicted octanol–water partition coefficient (Wildman–Crippen LogP) is -10.4. The van der Waals surface area contributed by atoms with Gasteiger partial charge in [0.25, 0.3) is 0 Å². The van der Waals surface area contributed by atoms with Crippen LogP contribution in [0.4, 0.5) is 0 Å². The fraction of sp³-hybridized carbons (Fsp3) is 1.00. The molecular weight excluding hydrogens is 842 g/mol. The number of likely N-dealkylation sites (N-methyl/N-ethyl adjacent to an activating group) is 2. The standard InChI is InChI=1S/C20H41N5O7.C17H34N4O10/c1-20(28)8-29-19(14(27)17(20)25-3)32-16-12(23)6-11(22)15(13(16)26)31-18-10(21)5-4-9(30-18)7-24-2;18-2-6-10(24)12(26)8(21)16(28-6)30-14-5(20)1-4(19)9(23)15(14)31-17-13(27)11(25)7(3-22)29-17/h9-19,24-28H,4-8,21-23H2,1-3H3;4-17,22-27H,1-3,18-21H2/t9-,10+,11-,12+,13-,14+,15+,16-,17+,18+,19+,20-;4-,5+,6-,7-,8-,9?,10-,11-,12-,13-,14-,15-,16-,17+/m01/s1. The molecule has 63 heavy (non-hydrogen) atoms. The number of nitrogens with one attached hydrogen (secondary N) is 2. The Labute approximate surface area is 365 Å². The van der Waals surface area contributed by atoms with E-state index >= 15 is 0 Å². The van der Waals surface area contributed by atoms with Gasteiger partial charge in [-0.25, -0.2) is 0 Å². The third-order valence-electron chi connectivity index (χ3n) is 12.8. The molecule has 26 atom stereocenters. The topological polar surface area (TPSA) is 462 Å². The second kappa shape index (κ2) is 22.8. The van der Waals surface area contributed by atoms with Gasteiger partial charge in [-0.3, -0.25) is 0 Å². The van der Waals surface area contributed by atoms with Gasteiger partial charge in [0.05, 0.1) is 43.5 Å². The molecule has 6 fully saturated rings. The van der Waals surface area contributed by atoms with Crippen molar-refractivity contribution in [3.05, 3.63) is 0 Å². The number of ether oxygens (including phenoxy) is 8. The molecular formula is C37H75N9O17. The van der Waals surface area contributed by atoms with Crippen LogP contribution in [0.3, 0.4) is 0 Å². The summed E-state index contributed by atoms with van der Waals surface area (Å²) in [4.78, 5) is 0. The summed E-state index contributed by atoms with van der Waals surface area (Å²) in [6.45, 7) is 1.49. The summed E-state index contributed by atoms with van der Waals surface area (Å²) in [5.41, 5.74) is 41.1. The van der Waals surface area contributed by atoms with Gasteiger partial charge < -0.3 is 135 Å². The van der Waals surface area contributed by atoms with Crippen molar-refractivity contribution in [1.29, 1.82) is 0 Å². The number of hydrogen-bond acceptors (Lipinski definition) is 26. The van der Waals surface area contributed by atoms with Crippen LogP contribution in [0.25, 0.3) is 0 Å². The highest BCUT2D eigenvalue weighted by atomic mass is 16.7. The summed E-state index contributed by atoms with van der Waals surface area (Å²) in [5.74, 6) is 0. The molecule has 0 spiro atoms. The third kappa shape index (κ3) is 12.0. The van der Waals surface area contributed by atoms with Gasteiger partial charge in [-0.05, 0) is 46.7 Å². The lowest BCUT2D eigenvalue weighted by Gasteiger charge is -2.48. The van der Waals surface area contributed by atoms with Crippen LogP contribution in [-0.2, 0) is 37.9 Å². The SMILES string of the molecule is CNC[C@@H]1CC[C@@H](N)[C@@H](O[C@H]2[C@H](O)[C@@H](O[C@H]3OC[C@](C)(O)[C@H](NC)[C@H]3O)[C@H](N)C[C@@H]2N)O1.NC[C@H]1O[C@H](O[C@H]2[C@H](O[C@@H]3O[C@H](CO)[C@@H](O)[C@H]3O)C(O)[C@H](N)C[C@@H]2N)[C@H](N)[C@@H](O)[C@@H]1O. The van der Waals surface area contributed by atoms with Crippen molar-refractivity contribution < 1.29 is 83.9 Å². The van der Waals surface area contributed by atoms with Crippen molar-refractivity contribution in [3.63, 3.8) is 0 Å². The Kier molecular flexibility index (Phi) is 19.2. The Morgan fingerprint density at radius 1 is 0.587 bits per heavy atom. The minimum Gasteiger partial charge on any atom is -0.394 e. The van der Waals surface area contributed by atoms with E-state index in [1.165, 1.54) is 0 Å². The van der Waals surface area contributed by atoms with E-state index in [4.69, 9.17) is 78.0 Å². The lowest BCUT2D eigenvalue weighted by molar-refractivity contribution is -0.306. The van der Waals surface area contributed by atoms with E-state index in [0.717, 1.165) is 12.8 Å². The number of nitrogens with two attached hydrogens (primary N) is 7. The molecule has 370 valence electrons. The second-order valence-corrected chi connectivity index (χ2v) is 17.8. The van der Waals surface area contributed by atoms with Crippen molar-refractivity contribution in [2.75, 3.05) is 40.4 Å². The summed E-state index contributed by atoms with van der Waals surface area (Å²) in [5, 5.41) is 98.4. The summed E-state index contributed by atoms with van der Waals surface area (Å²) < 4.78 is 46.0. The van der Waals surface area contributed by atoms with Crippen LogP contribution in [0.15, 0.2) is 0 Å². The molecule has 0 bridgehead atoms. The first kappa shape index (κ1) is 52.9. The Morgan fingerprint density at radius 2 is 1.14 bits per heavy atom. The van der Waals surface area contributed by atoms with Gasteiger partial charge in [-0.15, -0.1) is 0 Å². The molecule has 6 rings (SSSR count). The maximum Gasteiger partial charge on any atom is 0.187 e. The molecule has 25 N–H and O–H groups in total. The highest BCUT2D eigenvalue weighted by Gasteiger charge is 2.53. The normalized spacial score (nSPS) is 52.0. The average molecular weight is 918 g/mol. The van der Waals surface area contributed by atoms with Gasteiger partial charge in [0.15, 0.2) is 25.2 Å². The number of aliphatic hydroxyl groups is 9. The highest BCUT2D eigenvalue weighted by molar-refractivity contribution is 5.03. The molecule has 1 unspecified atom stereocenters. The lowest BCUT2D eigenvalue weighted by Crippen LogP contribution is -2.68. The Hall–Kier alpha value is -1.04. The monoisotopic (exact) mass is 918 g/mol. The van der Waals surface area contributed by atoms with Crippen LogP contribution in [0, 0.1) is 0 Å². The highest BCUT2D eigenvalue weighted by Crippen LogP contribution is 2.34. The molecule has 2 saturated carbocycles. The minimum atomic E-state index is -1.51. The first-order valence-electron chi connectivity index (χ1n) is 21.5. The van der Waals surface area contributed by atoms with Crippen LogP contribution in [0.5, 0.6) is 0 Å². The molecule has 4 aliphatic heterocycles. The largest absolute Gasteiger partial charge is 0.394 e. The first-order chi connectivity index (χ1) is 29.7. The molecule has 26 nitrogen and oxygen atoms in total. The summed E-state index contributed by atoms with van der Waals surface area (Å²) in [7, 11) is 3.47. The maximum atomic E-state index is 11.1. The third-order valence-corrected chi connectivity index (χ3v) is 12.8. The van der Waals surface area contributed by atoms with Crippen molar-refractivity contribution in [3.8, 4) is 0 Å². The van der Waals surface area contributed by atoms with Crippen LogP contribution in [0.2, 0.25) is 0 Å². The molecule has 0 radical (unpaired) electrons.